The lowest BCUT2D eigenvalue weighted by Crippen LogP contribution is -2.48. The van der Waals surface area contributed by atoms with Crippen molar-refractivity contribution in [3.8, 4) is 0 Å². The van der Waals surface area contributed by atoms with Crippen molar-refractivity contribution in [2.75, 3.05) is 6.54 Å². The molecule has 2 rings (SSSR count). The zero-order valence-electron chi connectivity index (χ0n) is 11.2. The average molecular weight is 248 g/mol. The number of aliphatic hydroxyl groups is 1. The maximum Gasteiger partial charge on any atom is 0.0681 e. The summed E-state index contributed by atoms with van der Waals surface area (Å²) >= 11 is 0. The van der Waals surface area contributed by atoms with Crippen molar-refractivity contribution < 1.29 is 5.11 Å². The van der Waals surface area contributed by atoms with Gasteiger partial charge in [-0.25, -0.2) is 0 Å². The van der Waals surface area contributed by atoms with Gasteiger partial charge in [0.05, 0.1) is 6.61 Å². The van der Waals surface area contributed by atoms with Crippen molar-refractivity contribution in [2.45, 2.75) is 51.4 Å². The zero-order chi connectivity index (χ0) is 13.0. The molecule has 1 saturated heterocycles. The van der Waals surface area contributed by atoms with Gasteiger partial charge in [-0.1, -0.05) is 30.7 Å². The van der Waals surface area contributed by atoms with E-state index in [1.807, 2.05) is 12.1 Å². The highest BCUT2D eigenvalue weighted by atomic mass is 16.3. The van der Waals surface area contributed by atoms with Crippen molar-refractivity contribution in [3.05, 3.63) is 35.4 Å². The van der Waals surface area contributed by atoms with Crippen LogP contribution < -0.4 is 5.73 Å². The van der Waals surface area contributed by atoms with E-state index in [0.717, 1.165) is 18.7 Å². The van der Waals surface area contributed by atoms with E-state index in [4.69, 9.17) is 10.8 Å². The van der Waals surface area contributed by atoms with Crippen LogP contribution in [0.2, 0.25) is 0 Å². The van der Waals surface area contributed by atoms with Gasteiger partial charge in [0.2, 0.25) is 0 Å². The fourth-order valence-electron chi connectivity index (χ4n) is 2.84. The Bertz CT molecular complexity index is 363. The summed E-state index contributed by atoms with van der Waals surface area (Å²) in [4.78, 5) is 2.53. The predicted molar refractivity (Wildman–Crippen MR) is 74.1 cm³/mol. The summed E-state index contributed by atoms with van der Waals surface area (Å²) in [5, 5.41) is 9.05. The van der Waals surface area contributed by atoms with Gasteiger partial charge in [-0.05, 0) is 30.9 Å². The van der Waals surface area contributed by atoms with Crippen LogP contribution in [0.15, 0.2) is 24.3 Å². The molecule has 3 nitrogen and oxygen atoms in total. The van der Waals surface area contributed by atoms with Gasteiger partial charge in [0, 0.05) is 25.2 Å². The van der Waals surface area contributed by atoms with Gasteiger partial charge in [0.15, 0.2) is 0 Å². The third kappa shape index (κ3) is 3.10. The molecule has 0 aromatic heterocycles. The van der Waals surface area contributed by atoms with Gasteiger partial charge in [-0.15, -0.1) is 0 Å². The molecule has 0 spiro atoms. The van der Waals surface area contributed by atoms with E-state index < -0.39 is 0 Å². The SMILES string of the molecule is CC1CCCC(CN)N1Cc1ccc(CO)cc1. The summed E-state index contributed by atoms with van der Waals surface area (Å²) in [6, 6.07) is 9.36. The molecular formula is C15H24N2O. The Morgan fingerprint density at radius 3 is 2.50 bits per heavy atom. The third-order valence-electron chi connectivity index (χ3n) is 4.04. The predicted octanol–water partition coefficient (Wildman–Crippen LogP) is 1.88. The normalized spacial score (nSPS) is 25.3. The molecule has 1 aromatic carbocycles. The van der Waals surface area contributed by atoms with E-state index in [0.29, 0.717) is 12.1 Å². The summed E-state index contributed by atoms with van der Waals surface area (Å²) in [7, 11) is 0. The van der Waals surface area contributed by atoms with Gasteiger partial charge >= 0.3 is 0 Å². The number of rotatable bonds is 4. The molecule has 0 bridgehead atoms. The lowest BCUT2D eigenvalue weighted by atomic mass is 9.95. The number of aliphatic hydroxyl groups excluding tert-OH is 1. The number of hydrogen-bond acceptors (Lipinski definition) is 3. The summed E-state index contributed by atoms with van der Waals surface area (Å²) in [5.41, 5.74) is 8.16. The van der Waals surface area contributed by atoms with Crippen molar-refractivity contribution in [3.63, 3.8) is 0 Å². The zero-order valence-corrected chi connectivity index (χ0v) is 11.2. The smallest absolute Gasteiger partial charge is 0.0681 e. The van der Waals surface area contributed by atoms with Crippen LogP contribution in [0, 0.1) is 0 Å². The topological polar surface area (TPSA) is 49.5 Å². The lowest BCUT2D eigenvalue weighted by molar-refractivity contribution is 0.0892. The molecule has 0 amide bonds. The molecule has 0 aliphatic carbocycles. The minimum absolute atomic E-state index is 0.117. The first kappa shape index (κ1) is 13.5. The minimum Gasteiger partial charge on any atom is -0.392 e. The first-order valence-corrected chi connectivity index (χ1v) is 6.89. The first-order chi connectivity index (χ1) is 8.74. The van der Waals surface area contributed by atoms with Crippen LogP contribution in [0.3, 0.4) is 0 Å². The van der Waals surface area contributed by atoms with E-state index in [2.05, 4.69) is 24.0 Å². The van der Waals surface area contributed by atoms with Crippen molar-refractivity contribution in [1.29, 1.82) is 0 Å². The summed E-state index contributed by atoms with van der Waals surface area (Å²) < 4.78 is 0. The Balaban J connectivity index is 2.05. The standard InChI is InChI=1S/C15H24N2O/c1-12-3-2-4-15(9-16)17(12)10-13-5-7-14(11-18)8-6-13/h5-8,12,15,18H,2-4,9-11,16H2,1H3. The molecule has 2 atom stereocenters. The number of benzene rings is 1. The highest BCUT2D eigenvalue weighted by molar-refractivity contribution is 5.22. The van der Waals surface area contributed by atoms with Crippen LogP contribution >= 0.6 is 0 Å². The van der Waals surface area contributed by atoms with Crippen LogP contribution in [0.5, 0.6) is 0 Å². The molecule has 0 saturated carbocycles. The molecule has 18 heavy (non-hydrogen) atoms. The Kier molecular flexibility index (Phi) is 4.75. The van der Waals surface area contributed by atoms with E-state index in [1.54, 1.807) is 0 Å². The van der Waals surface area contributed by atoms with Gasteiger partial charge in [0.1, 0.15) is 0 Å². The van der Waals surface area contributed by atoms with Crippen LogP contribution in [0.1, 0.15) is 37.3 Å². The molecule has 1 aliphatic rings. The van der Waals surface area contributed by atoms with Crippen molar-refractivity contribution >= 4 is 0 Å². The van der Waals surface area contributed by atoms with Crippen LogP contribution in [0.4, 0.5) is 0 Å². The van der Waals surface area contributed by atoms with Gasteiger partial charge < -0.3 is 10.8 Å². The van der Waals surface area contributed by atoms with Crippen molar-refractivity contribution in [2.24, 2.45) is 5.73 Å². The summed E-state index contributed by atoms with van der Waals surface area (Å²) in [6.07, 6.45) is 3.78. The molecular weight excluding hydrogens is 224 g/mol. The Morgan fingerprint density at radius 1 is 1.22 bits per heavy atom. The number of nitrogens with two attached hydrogens (primary N) is 1. The molecule has 1 fully saturated rings. The molecule has 2 unspecified atom stereocenters. The Morgan fingerprint density at radius 2 is 1.89 bits per heavy atom. The average Bonchev–Trinajstić information content (AvgIpc) is 2.42. The minimum atomic E-state index is 0.117. The van der Waals surface area contributed by atoms with E-state index in [-0.39, 0.29) is 6.61 Å². The van der Waals surface area contributed by atoms with Gasteiger partial charge in [-0.3, -0.25) is 4.90 Å². The fraction of sp³-hybridized carbons (Fsp3) is 0.600. The Labute approximate surface area is 110 Å². The van der Waals surface area contributed by atoms with Gasteiger partial charge in [0.25, 0.3) is 0 Å². The second-order valence-electron chi connectivity index (χ2n) is 5.32. The lowest BCUT2D eigenvalue weighted by Gasteiger charge is -2.40. The van der Waals surface area contributed by atoms with Crippen LogP contribution in [-0.2, 0) is 13.2 Å². The maximum atomic E-state index is 9.05. The molecule has 1 heterocycles. The van der Waals surface area contributed by atoms with Gasteiger partial charge in [-0.2, -0.15) is 0 Å². The van der Waals surface area contributed by atoms with Crippen LogP contribution in [0.25, 0.3) is 0 Å². The fourth-order valence-corrected chi connectivity index (χ4v) is 2.84. The monoisotopic (exact) mass is 248 g/mol. The third-order valence-corrected chi connectivity index (χ3v) is 4.04. The molecule has 100 valence electrons. The second-order valence-corrected chi connectivity index (χ2v) is 5.32. The number of hydrogen-bond donors (Lipinski definition) is 2. The quantitative estimate of drug-likeness (QED) is 0.855. The van der Waals surface area contributed by atoms with Crippen LogP contribution in [-0.4, -0.2) is 28.6 Å². The van der Waals surface area contributed by atoms with Crippen molar-refractivity contribution in [1.82, 2.24) is 4.90 Å². The highest BCUT2D eigenvalue weighted by Crippen LogP contribution is 2.24. The molecule has 0 radical (unpaired) electrons. The number of nitrogens with zero attached hydrogens (tertiary/aromatic N) is 1. The molecule has 3 heteroatoms. The second kappa shape index (κ2) is 6.32. The Hall–Kier alpha value is -0.900. The largest absolute Gasteiger partial charge is 0.392 e. The van der Waals surface area contributed by atoms with E-state index in [1.165, 1.54) is 24.8 Å². The molecule has 3 N–H and O–H groups in total. The van der Waals surface area contributed by atoms with E-state index in [9.17, 15) is 0 Å². The molecule has 1 aliphatic heterocycles. The number of piperidine rings is 1. The number of likely N-dealkylation sites (tertiary alicyclic amines) is 1. The summed E-state index contributed by atoms with van der Waals surface area (Å²) in [5.74, 6) is 0. The maximum absolute atomic E-state index is 9.05. The highest BCUT2D eigenvalue weighted by Gasteiger charge is 2.26. The molecule has 1 aromatic rings. The van der Waals surface area contributed by atoms with E-state index >= 15 is 0 Å². The first-order valence-electron chi connectivity index (χ1n) is 6.89. The summed E-state index contributed by atoms with van der Waals surface area (Å²) in [6.45, 7) is 4.13.